The van der Waals surface area contributed by atoms with E-state index in [9.17, 15) is 9.90 Å². The van der Waals surface area contributed by atoms with Crippen LogP contribution in [0.1, 0.15) is 22.2 Å². The molecule has 0 aliphatic carbocycles. The summed E-state index contributed by atoms with van der Waals surface area (Å²) in [7, 11) is 0. The summed E-state index contributed by atoms with van der Waals surface area (Å²) in [6.07, 6.45) is 0.364. The Kier molecular flexibility index (Phi) is 4.57. The molecular formula is C16H19NO2S. The second-order valence-corrected chi connectivity index (χ2v) is 6.48. The lowest BCUT2D eigenvalue weighted by molar-refractivity contribution is -0.121. The molecule has 1 amide bonds. The number of amides is 1. The van der Waals surface area contributed by atoms with Crippen LogP contribution in [-0.4, -0.2) is 17.6 Å². The molecule has 4 heteroatoms. The van der Waals surface area contributed by atoms with Gasteiger partial charge in [-0.25, -0.2) is 0 Å². The van der Waals surface area contributed by atoms with E-state index in [1.807, 2.05) is 49.4 Å². The Balaban J connectivity index is 1.89. The average molecular weight is 289 g/mol. The van der Waals surface area contributed by atoms with Gasteiger partial charge in [-0.05, 0) is 31.5 Å². The summed E-state index contributed by atoms with van der Waals surface area (Å²) in [5.41, 5.74) is -0.255. The Hall–Kier alpha value is -1.65. The van der Waals surface area contributed by atoms with Gasteiger partial charge in [0.15, 0.2) is 0 Å². The molecule has 106 valence electrons. The summed E-state index contributed by atoms with van der Waals surface area (Å²) >= 11 is 1.62. The maximum Gasteiger partial charge on any atom is 0.225 e. The first-order chi connectivity index (χ1) is 9.47. The molecule has 0 saturated carbocycles. The molecule has 0 saturated heterocycles. The Morgan fingerprint density at radius 1 is 1.25 bits per heavy atom. The molecule has 1 heterocycles. The van der Waals surface area contributed by atoms with E-state index < -0.39 is 5.60 Å². The Morgan fingerprint density at radius 3 is 2.55 bits per heavy atom. The minimum absolute atomic E-state index is 0.0666. The highest BCUT2D eigenvalue weighted by molar-refractivity contribution is 7.12. The fourth-order valence-electron chi connectivity index (χ4n) is 1.97. The normalized spacial score (nSPS) is 13.8. The molecule has 0 bridgehead atoms. The van der Waals surface area contributed by atoms with Crippen molar-refractivity contribution in [1.29, 1.82) is 0 Å². The quantitative estimate of drug-likeness (QED) is 0.889. The molecule has 1 aromatic carbocycles. The third kappa shape index (κ3) is 3.92. The van der Waals surface area contributed by atoms with Crippen LogP contribution in [0.15, 0.2) is 42.5 Å². The second kappa shape index (κ2) is 6.20. The number of rotatable bonds is 5. The van der Waals surface area contributed by atoms with Crippen molar-refractivity contribution in [3.8, 4) is 0 Å². The van der Waals surface area contributed by atoms with Gasteiger partial charge in [0.2, 0.25) is 5.91 Å². The first-order valence-electron chi connectivity index (χ1n) is 6.57. The SMILES string of the molecule is Cc1ccc(CC(=O)NCC(C)(O)c2ccccc2)s1. The number of carbonyl (C=O) groups excluding carboxylic acids is 1. The number of thiophene rings is 1. The maximum absolute atomic E-state index is 11.9. The first kappa shape index (κ1) is 14.8. The van der Waals surface area contributed by atoms with Crippen molar-refractivity contribution in [2.45, 2.75) is 25.9 Å². The van der Waals surface area contributed by atoms with Crippen molar-refractivity contribution in [1.82, 2.24) is 5.32 Å². The number of hydrogen-bond acceptors (Lipinski definition) is 3. The van der Waals surface area contributed by atoms with Crippen LogP contribution < -0.4 is 5.32 Å². The zero-order valence-corrected chi connectivity index (χ0v) is 12.5. The predicted molar refractivity (Wildman–Crippen MR) is 81.8 cm³/mol. The van der Waals surface area contributed by atoms with Crippen LogP contribution in [-0.2, 0) is 16.8 Å². The van der Waals surface area contributed by atoms with Gasteiger partial charge in [0.1, 0.15) is 5.60 Å². The maximum atomic E-state index is 11.9. The van der Waals surface area contributed by atoms with Gasteiger partial charge in [0.25, 0.3) is 0 Å². The Bertz CT molecular complexity index is 575. The number of carbonyl (C=O) groups is 1. The zero-order valence-electron chi connectivity index (χ0n) is 11.7. The average Bonchev–Trinajstić information content (AvgIpc) is 2.83. The minimum atomic E-state index is -1.05. The predicted octanol–water partition coefficient (Wildman–Crippen LogP) is 2.62. The minimum Gasteiger partial charge on any atom is -0.384 e. The molecule has 20 heavy (non-hydrogen) atoms. The third-order valence-corrected chi connectivity index (χ3v) is 4.16. The van der Waals surface area contributed by atoms with E-state index in [2.05, 4.69) is 5.32 Å². The van der Waals surface area contributed by atoms with Crippen LogP contribution in [0, 0.1) is 6.92 Å². The molecule has 0 fully saturated rings. The van der Waals surface area contributed by atoms with Crippen molar-refractivity contribution in [2.75, 3.05) is 6.54 Å². The van der Waals surface area contributed by atoms with Gasteiger partial charge in [0, 0.05) is 9.75 Å². The number of benzene rings is 1. The van der Waals surface area contributed by atoms with Crippen LogP contribution in [0.25, 0.3) is 0 Å². The Labute approximate surface area is 123 Å². The van der Waals surface area contributed by atoms with E-state index in [1.165, 1.54) is 4.88 Å². The highest BCUT2D eigenvalue weighted by Crippen LogP contribution is 2.19. The largest absolute Gasteiger partial charge is 0.384 e. The van der Waals surface area contributed by atoms with Crippen LogP contribution in [0.4, 0.5) is 0 Å². The van der Waals surface area contributed by atoms with E-state index in [4.69, 9.17) is 0 Å². The molecule has 2 aromatic rings. The molecule has 0 aliphatic heterocycles. The second-order valence-electron chi connectivity index (χ2n) is 5.11. The van der Waals surface area contributed by atoms with E-state index in [0.29, 0.717) is 6.42 Å². The summed E-state index contributed by atoms with van der Waals surface area (Å²) in [6, 6.07) is 13.3. The molecule has 2 N–H and O–H groups in total. The number of aryl methyl sites for hydroxylation is 1. The van der Waals surface area contributed by atoms with Gasteiger partial charge in [-0.1, -0.05) is 30.3 Å². The van der Waals surface area contributed by atoms with E-state index in [1.54, 1.807) is 18.3 Å². The van der Waals surface area contributed by atoms with Crippen molar-refractivity contribution >= 4 is 17.2 Å². The molecule has 3 nitrogen and oxygen atoms in total. The summed E-state index contributed by atoms with van der Waals surface area (Å²) < 4.78 is 0. The van der Waals surface area contributed by atoms with E-state index in [-0.39, 0.29) is 12.5 Å². The topological polar surface area (TPSA) is 49.3 Å². The highest BCUT2D eigenvalue weighted by Gasteiger charge is 2.23. The van der Waals surface area contributed by atoms with Gasteiger partial charge in [-0.15, -0.1) is 11.3 Å². The number of nitrogens with one attached hydrogen (secondary N) is 1. The molecule has 0 spiro atoms. The van der Waals surface area contributed by atoms with Crippen molar-refractivity contribution in [3.05, 3.63) is 57.8 Å². The molecular weight excluding hydrogens is 270 g/mol. The third-order valence-electron chi connectivity index (χ3n) is 3.16. The number of hydrogen-bond donors (Lipinski definition) is 2. The molecule has 1 aromatic heterocycles. The highest BCUT2D eigenvalue weighted by atomic mass is 32.1. The molecule has 1 unspecified atom stereocenters. The standard InChI is InChI=1S/C16H19NO2S/c1-12-8-9-14(20-12)10-15(18)17-11-16(2,19)13-6-4-3-5-7-13/h3-9,19H,10-11H2,1-2H3,(H,17,18). The summed E-state index contributed by atoms with van der Waals surface area (Å²) in [4.78, 5) is 14.1. The monoisotopic (exact) mass is 289 g/mol. The molecule has 2 rings (SSSR count). The van der Waals surface area contributed by atoms with Crippen LogP contribution in [0.2, 0.25) is 0 Å². The lowest BCUT2D eigenvalue weighted by Crippen LogP contribution is -2.39. The van der Waals surface area contributed by atoms with Crippen LogP contribution in [0.3, 0.4) is 0 Å². The van der Waals surface area contributed by atoms with Crippen molar-refractivity contribution in [3.63, 3.8) is 0 Å². The van der Waals surface area contributed by atoms with Crippen LogP contribution >= 0.6 is 11.3 Å². The first-order valence-corrected chi connectivity index (χ1v) is 7.39. The molecule has 0 aliphatic rings. The Morgan fingerprint density at radius 2 is 1.95 bits per heavy atom. The van der Waals surface area contributed by atoms with Crippen LogP contribution in [0.5, 0.6) is 0 Å². The fraction of sp³-hybridized carbons (Fsp3) is 0.312. The van der Waals surface area contributed by atoms with Gasteiger partial charge >= 0.3 is 0 Å². The smallest absolute Gasteiger partial charge is 0.225 e. The summed E-state index contributed by atoms with van der Waals surface area (Å²) in [5.74, 6) is -0.0666. The van der Waals surface area contributed by atoms with E-state index >= 15 is 0 Å². The van der Waals surface area contributed by atoms with Gasteiger partial charge in [-0.2, -0.15) is 0 Å². The molecule has 0 radical (unpaired) electrons. The van der Waals surface area contributed by atoms with Gasteiger partial charge in [0.05, 0.1) is 13.0 Å². The fourth-order valence-corrected chi connectivity index (χ4v) is 2.86. The lowest BCUT2D eigenvalue weighted by Gasteiger charge is -2.24. The van der Waals surface area contributed by atoms with Crippen molar-refractivity contribution in [2.24, 2.45) is 0 Å². The van der Waals surface area contributed by atoms with Gasteiger partial charge < -0.3 is 10.4 Å². The summed E-state index contributed by atoms with van der Waals surface area (Å²) in [5, 5.41) is 13.2. The van der Waals surface area contributed by atoms with E-state index in [0.717, 1.165) is 10.4 Å². The van der Waals surface area contributed by atoms with Crippen molar-refractivity contribution < 1.29 is 9.90 Å². The summed E-state index contributed by atoms with van der Waals surface area (Å²) in [6.45, 7) is 3.93. The zero-order chi connectivity index (χ0) is 14.6. The van der Waals surface area contributed by atoms with Gasteiger partial charge in [-0.3, -0.25) is 4.79 Å². The molecule has 1 atom stereocenters. The lowest BCUT2D eigenvalue weighted by atomic mass is 9.96. The number of aliphatic hydroxyl groups is 1.